The first-order valence-corrected chi connectivity index (χ1v) is 4.61. The van der Waals surface area contributed by atoms with Crippen LogP contribution in [0.25, 0.3) is 0 Å². The lowest BCUT2D eigenvalue weighted by Gasteiger charge is -2.05. The van der Waals surface area contributed by atoms with Gasteiger partial charge < -0.3 is 10.3 Å². The predicted molar refractivity (Wildman–Crippen MR) is 59.9 cm³/mol. The molecule has 0 aliphatic carbocycles. The highest BCUT2D eigenvalue weighted by Gasteiger charge is 2.01. The normalized spacial score (nSPS) is 9.60. The van der Waals surface area contributed by atoms with Crippen LogP contribution in [0.3, 0.4) is 0 Å². The van der Waals surface area contributed by atoms with Crippen LogP contribution >= 0.6 is 0 Å². The minimum Gasteiger partial charge on any atom is -0.348 e. The predicted octanol–water partition coefficient (Wildman–Crippen LogP) is 2.66. The van der Waals surface area contributed by atoms with E-state index in [4.69, 9.17) is 0 Å². The maximum atomic E-state index is 11.4. The maximum Gasteiger partial charge on any atom is 0.324 e. The Kier molecular flexibility index (Phi) is 2.69. The van der Waals surface area contributed by atoms with Crippen molar-refractivity contribution in [1.82, 2.24) is 4.98 Å². The Morgan fingerprint density at radius 1 is 1.00 bits per heavy atom. The van der Waals surface area contributed by atoms with Crippen molar-refractivity contribution in [2.75, 3.05) is 10.6 Å². The van der Waals surface area contributed by atoms with E-state index in [0.29, 0.717) is 5.82 Å². The smallest absolute Gasteiger partial charge is 0.324 e. The summed E-state index contributed by atoms with van der Waals surface area (Å²) in [5.74, 6) is 0.670. The molecule has 1 heterocycles. The molecule has 0 unspecified atom stereocenters. The van der Waals surface area contributed by atoms with E-state index in [1.165, 1.54) is 0 Å². The Bertz CT molecular complexity index is 422. The van der Waals surface area contributed by atoms with Crippen molar-refractivity contribution in [3.63, 3.8) is 0 Å². The highest BCUT2D eigenvalue weighted by atomic mass is 16.2. The monoisotopic (exact) mass is 201 g/mol. The van der Waals surface area contributed by atoms with E-state index in [1.54, 1.807) is 12.3 Å². The molecule has 4 nitrogen and oxygen atoms in total. The summed E-state index contributed by atoms with van der Waals surface area (Å²) in [6, 6.07) is 12.6. The molecule has 2 aromatic rings. The third-order valence-corrected chi connectivity index (χ3v) is 1.88. The molecule has 0 aliphatic rings. The van der Waals surface area contributed by atoms with Crippen molar-refractivity contribution in [2.24, 2.45) is 0 Å². The molecular weight excluding hydrogens is 190 g/mol. The second-order valence-electron chi connectivity index (χ2n) is 3.03. The van der Waals surface area contributed by atoms with Crippen molar-refractivity contribution >= 4 is 17.5 Å². The average Bonchev–Trinajstić information content (AvgIpc) is 2.71. The molecular formula is C11H11N3O. The van der Waals surface area contributed by atoms with Gasteiger partial charge >= 0.3 is 6.03 Å². The molecule has 0 bridgehead atoms. The van der Waals surface area contributed by atoms with Gasteiger partial charge in [-0.2, -0.15) is 0 Å². The lowest BCUT2D eigenvalue weighted by Crippen LogP contribution is -2.19. The van der Waals surface area contributed by atoms with E-state index in [1.807, 2.05) is 36.4 Å². The summed E-state index contributed by atoms with van der Waals surface area (Å²) in [6.45, 7) is 0. The second kappa shape index (κ2) is 4.32. The number of carbonyl (C=O) groups is 1. The van der Waals surface area contributed by atoms with Crippen molar-refractivity contribution in [2.45, 2.75) is 0 Å². The van der Waals surface area contributed by atoms with Crippen molar-refractivity contribution < 1.29 is 4.79 Å². The minimum atomic E-state index is -0.261. The fourth-order valence-electron chi connectivity index (χ4n) is 1.21. The first-order chi connectivity index (χ1) is 7.34. The number of nitrogens with one attached hydrogen (secondary N) is 3. The van der Waals surface area contributed by atoms with Gasteiger partial charge in [0.15, 0.2) is 0 Å². The highest BCUT2D eigenvalue weighted by Crippen LogP contribution is 2.06. The molecule has 2 rings (SSSR count). The molecule has 0 atom stereocenters. The number of hydrogen-bond donors (Lipinski definition) is 3. The first kappa shape index (κ1) is 9.33. The molecule has 0 radical (unpaired) electrons. The zero-order chi connectivity index (χ0) is 10.5. The summed E-state index contributed by atoms with van der Waals surface area (Å²) in [7, 11) is 0. The number of H-pyrrole nitrogens is 1. The van der Waals surface area contributed by atoms with Gasteiger partial charge in [0.05, 0.1) is 0 Å². The lowest BCUT2D eigenvalue weighted by atomic mass is 10.3. The van der Waals surface area contributed by atoms with Crippen LogP contribution in [0.4, 0.5) is 16.3 Å². The van der Waals surface area contributed by atoms with Gasteiger partial charge in [-0.15, -0.1) is 0 Å². The van der Waals surface area contributed by atoms with Gasteiger partial charge in [-0.3, -0.25) is 5.32 Å². The van der Waals surface area contributed by atoms with Crippen LogP contribution in [0.1, 0.15) is 0 Å². The van der Waals surface area contributed by atoms with E-state index in [9.17, 15) is 4.79 Å². The van der Waals surface area contributed by atoms with Crippen molar-refractivity contribution in [1.29, 1.82) is 0 Å². The number of para-hydroxylation sites is 1. The van der Waals surface area contributed by atoms with Crippen molar-refractivity contribution in [3.8, 4) is 0 Å². The number of hydrogen-bond acceptors (Lipinski definition) is 1. The summed E-state index contributed by atoms with van der Waals surface area (Å²) in [5, 5.41) is 5.37. The summed E-state index contributed by atoms with van der Waals surface area (Å²) >= 11 is 0. The molecule has 1 aromatic heterocycles. The molecule has 2 amide bonds. The fraction of sp³-hybridized carbons (Fsp3) is 0. The number of urea groups is 1. The topological polar surface area (TPSA) is 56.9 Å². The molecule has 76 valence electrons. The number of benzene rings is 1. The molecule has 3 N–H and O–H groups in total. The van der Waals surface area contributed by atoms with Gasteiger partial charge in [-0.05, 0) is 24.3 Å². The van der Waals surface area contributed by atoms with E-state index in [0.717, 1.165) is 5.69 Å². The van der Waals surface area contributed by atoms with Gasteiger partial charge in [0, 0.05) is 11.9 Å². The van der Waals surface area contributed by atoms with Gasteiger partial charge in [0.1, 0.15) is 5.82 Å². The highest BCUT2D eigenvalue weighted by molar-refractivity contribution is 5.99. The molecule has 15 heavy (non-hydrogen) atoms. The number of aromatic amines is 1. The standard InChI is InChI=1S/C11H11N3O/c15-11(14-10-7-4-8-12-10)13-9-5-2-1-3-6-9/h1-8,12H,(H2,13,14,15). The zero-order valence-corrected chi connectivity index (χ0v) is 8.03. The minimum absolute atomic E-state index is 0.261. The second-order valence-corrected chi connectivity index (χ2v) is 3.03. The van der Waals surface area contributed by atoms with Crippen molar-refractivity contribution in [3.05, 3.63) is 48.7 Å². The fourth-order valence-corrected chi connectivity index (χ4v) is 1.21. The molecule has 1 aromatic carbocycles. The molecule has 0 spiro atoms. The summed E-state index contributed by atoms with van der Waals surface area (Å²) in [5.41, 5.74) is 0.765. The molecule has 0 saturated carbocycles. The van der Waals surface area contributed by atoms with Gasteiger partial charge in [-0.1, -0.05) is 18.2 Å². The van der Waals surface area contributed by atoms with E-state index < -0.39 is 0 Å². The van der Waals surface area contributed by atoms with Crippen LogP contribution in [0.15, 0.2) is 48.7 Å². The largest absolute Gasteiger partial charge is 0.348 e. The Labute approximate surface area is 87.3 Å². The van der Waals surface area contributed by atoms with E-state index in [-0.39, 0.29) is 6.03 Å². The Morgan fingerprint density at radius 2 is 1.80 bits per heavy atom. The number of rotatable bonds is 2. The number of aromatic nitrogens is 1. The Morgan fingerprint density at radius 3 is 2.47 bits per heavy atom. The molecule has 4 heteroatoms. The van der Waals surface area contributed by atoms with Gasteiger partial charge in [0.25, 0.3) is 0 Å². The van der Waals surface area contributed by atoms with Crippen LogP contribution in [0.2, 0.25) is 0 Å². The third kappa shape index (κ3) is 2.60. The number of carbonyl (C=O) groups excluding carboxylic acids is 1. The summed E-state index contributed by atoms with van der Waals surface area (Å²) in [6.07, 6.45) is 1.75. The SMILES string of the molecule is O=C(Nc1ccccc1)Nc1ccc[nH]1. The average molecular weight is 201 g/mol. The Hall–Kier alpha value is -2.23. The zero-order valence-electron chi connectivity index (χ0n) is 8.03. The van der Waals surface area contributed by atoms with Crippen LogP contribution in [-0.2, 0) is 0 Å². The summed E-state index contributed by atoms with van der Waals surface area (Å²) < 4.78 is 0. The van der Waals surface area contributed by atoms with Crippen LogP contribution in [0, 0.1) is 0 Å². The molecule has 0 saturated heterocycles. The maximum absolute atomic E-state index is 11.4. The Balaban J connectivity index is 1.94. The number of amides is 2. The summed E-state index contributed by atoms with van der Waals surface area (Å²) in [4.78, 5) is 14.3. The number of anilines is 2. The van der Waals surface area contributed by atoms with Crippen LogP contribution in [0.5, 0.6) is 0 Å². The molecule has 0 fully saturated rings. The van der Waals surface area contributed by atoms with Crippen LogP contribution < -0.4 is 10.6 Å². The van der Waals surface area contributed by atoms with Gasteiger partial charge in [-0.25, -0.2) is 4.79 Å². The lowest BCUT2D eigenvalue weighted by molar-refractivity contribution is 0.262. The van der Waals surface area contributed by atoms with E-state index in [2.05, 4.69) is 15.6 Å². The van der Waals surface area contributed by atoms with Gasteiger partial charge in [0.2, 0.25) is 0 Å². The van der Waals surface area contributed by atoms with E-state index >= 15 is 0 Å². The third-order valence-electron chi connectivity index (χ3n) is 1.88. The quantitative estimate of drug-likeness (QED) is 0.687. The first-order valence-electron chi connectivity index (χ1n) is 4.61. The van der Waals surface area contributed by atoms with Crippen LogP contribution in [-0.4, -0.2) is 11.0 Å². The molecule has 0 aliphatic heterocycles.